The number of carbonyl (C=O) groups is 1. The van der Waals surface area contributed by atoms with Gasteiger partial charge in [0.15, 0.2) is 0 Å². The number of carboxylic acid groups (broad SMARTS) is 1. The van der Waals surface area contributed by atoms with Crippen molar-refractivity contribution in [1.29, 1.82) is 0 Å². The number of imidazole rings is 1. The van der Waals surface area contributed by atoms with Crippen molar-refractivity contribution in [2.75, 3.05) is 19.7 Å². The summed E-state index contributed by atoms with van der Waals surface area (Å²) in [7, 11) is 0. The van der Waals surface area contributed by atoms with Crippen molar-refractivity contribution >= 4 is 27.9 Å². The molecule has 3 aromatic heterocycles. The number of aromatic nitrogens is 4. The molecule has 2 aromatic carbocycles. The minimum Gasteiger partial charge on any atom is -0.478 e. The molecule has 2 aliphatic heterocycles. The van der Waals surface area contributed by atoms with Crippen molar-refractivity contribution in [2.45, 2.75) is 51.0 Å². The van der Waals surface area contributed by atoms with E-state index in [1.165, 1.54) is 6.20 Å². The van der Waals surface area contributed by atoms with Crippen molar-refractivity contribution in [3.8, 4) is 5.88 Å². The maximum atomic E-state index is 14.6. The minimum atomic E-state index is -0.945. The van der Waals surface area contributed by atoms with Gasteiger partial charge in [0.1, 0.15) is 18.2 Å². The Bertz CT molecular complexity index is 1800. The molecule has 2 saturated heterocycles. The van der Waals surface area contributed by atoms with E-state index in [2.05, 4.69) is 14.5 Å². The molecule has 0 saturated carbocycles. The summed E-state index contributed by atoms with van der Waals surface area (Å²) in [5.41, 5.74) is 4.07. The quantitative estimate of drug-likeness (QED) is 0.241. The van der Waals surface area contributed by atoms with E-state index in [1.807, 2.05) is 42.5 Å². The van der Waals surface area contributed by atoms with Crippen LogP contribution in [0.15, 0.2) is 66.9 Å². The van der Waals surface area contributed by atoms with E-state index in [-0.39, 0.29) is 18.3 Å². The number of para-hydroxylation sites is 1. The Morgan fingerprint density at radius 1 is 1.02 bits per heavy atom. The second kappa shape index (κ2) is 11.7. The number of aromatic carboxylic acids is 1. The third-order valence-electron chi connectivity index (χ3n) is 8.57. The standard InChI is InChI=1S/C33H32FN5O4/c34-26-17-35-28-5-2-1-4-24(28)25(26)20-43-32-7-3-6-27(37-32)21-10-13-38(14-11-21)19-31-36-29-9-8-22(33(40)41)16-30(29)39(31)18-23-12-15-42-23/h1-9,16-17,21,23H,10-15,18-20H2,(H,40,41). The van der Waals surface area contributed by atoms with Gasteiger partial charge in [-0.05, 0) is 62.7 Å². The van der Waals surface area contributed by atoms with E-state index in [0.717, 1.165) is 72.4 Å². The third kappa shape index (κ3) is 5.68. The first kappa shape index (κ1) is 27.4. The molecule has 220 valence electrons. The number of carboxylic acids is 1. The molecule has 0 amide bonds. The molecule has 1 unspecified atom stereocenters. The Morgan fingerprint density at radius 2 is 1.86 bits per heavy atom. The fourth-order valence-electron chi connectivity index (χ4n) is 6.05. The lowest BCUT2D eigenvalue weighted by Gasteiger charge is -2.32. The van der Waals surface area contributed by atoms with Crippen LogP contribution in [-0.2, 0) is 24.4 Å². The maximum absolute atomic E-state index is 14.6. The van der Waals surface area contributed by atoms with Gasteiger partial charge in [0.05, 0.1) is 47.5 Å². The second-order valence-corrected chi connectivity index (χ2v) is 11.3. The molecule has 0 spiro atoms. The first-order chi connectivity index (χ1) is 21.0. The number of pyridine rings is 2. The zero-order valence-electron chi connectivity index (χ0n) is 23.7. The number of hydrogen-bond acceptors (Lipinski definition) is 7. The second-order valence-electron chi connectivity index (χ2n) is 11.3. The van der Waals surface area contributed by atoms with Crippen LogP contribution in [0.25, 0.3) is 21.9 Å². The molecule has 43 heavy (non-hydrogen) atoms. The molecule has 0 aliphatic carbocycles. The molecule has 1 N–H and O–H groups in total. The number of fused-ring (bicyclic) bond motifs is 2. The van der Waals surface area contributed by atoms with E-state index in [9.17, 15) is 14.3 Å². The number of ether oxygens (including phenoxy) is 2. The van der Waals surface area contributed by atoms with Crippen LogP contribution in [-0.4, -0.2) is 61.3 Å². The minimum absolute atomic E-state index is 0.0740. The smallest absolute Gasteiger partial charge is 0.335 e. The average Bonchev–Trinajstić information content (AvgIpc) is 3.34. The number of piperidine rings is 1. The molecule has 0 bridgehead atoms. The van der Waals surface area contributed by atoms with Crippen LogP contribution in [0.5, 0.6) is 5.88 Å². The summed E-state index contributed by atoms with van der Waals surface area (Å²) in [6, 6.07) is 18.4. The predicted molar refractivity (Wildman–Crippen MR) is 159 cm³/mol. The fourth-order valence-corrected chi connectivity index (χ4v) is 6.05. The van der Waals surface area contributed by atoms with Crippen LogP contribution in [0.3, 0.4) is 0 Å². The van der Waals surface area contributed by atoms with Gasteiger partial charge in [-0.1, -0.05) is 24.3 Å². The van der Waals surface area contributed by atoms with Crippen molar-refractivity contribution in [1.82, 2.24) is 24.4 Å². The van der Waals surface area contributed by atoms with Crippen molar-refractivity contribution in [3.05, 3.63) is 95.3 Å². The first-order valence-corrected chi connectivity index (χ1v) is 14.7. The van der Waals surface area contributed by atoms with Crippen molar-refractivity contribution < 1.29 is 23.8 Å². The van der Waals surface area contributed by atoms with Gasteiger partial charge in [0.2, 0.25) is 5.88 Å². The summed E-state index contributed by atoms with van der Waals surface area (Å²) in [6.07, 6.45) is 4.24. The van der Waals surface area contributed by atoms with Crippen molar-refractivity contribution in [3.63, 3.8) is 0 Å². The van der Waals surface area contributed by atoms with E-state index in [4.69, 9.17) is 19.4 Å². The van der Waals surface area contributed by atoms with Gasteiger partial charge < -0.3 is 19.1 Å². The molecular formula is C33H32FN5O4. The Kier molecular flexibility index (Phi) is 7.46. The summed E-state index contributed by atoms with van der Waals surface area (Å²) in [4.78, 5) is 27.8. The number of likely N-dealkylation sites (tertiary alicyclic amines) is 1. The van der Waals surface area contributed by atoms with Crippen LogP contribution in [0.1, 0.15) is 52.6 Å². The zero-order chi connectivity index (χ0) is 29.3. The predicted octanol–water partition coefficient (Wildman–Crippen LogP) is 5.56. The number of benzene rings is 2. The summed E-state index contributed by atoms with van der Waals surface area (Å²) in [6.45, 7) is 3.95. The highest BCUT2D eigenvalue weighted by Gasteiger charge is 2.26. The molecule has 10 heteroatoms. The maximum Gasteiger partial charge on any atom is 0.335 e. The molecule has 5 heterocycles. The number of hydrogen-bond donors (Lipinski definition) is 1. The highest BCUT2D eigenvalue weighted by Crippen LogP contribution is 2.30. The summed E-state index contributed by atoms with van der Waals surface area (Å²) >= 11 is 0. The molecule has 5 aromatic rings. The van der Waals surface area contributed by atoms with Gasteiger partial charge >= 0.3 is 5.97 Å². The monoisotopic (exact) mass is 581 g/mol. The number of halogens is 1. The number of rotatable bonds is 9. The molecule has 1 atom stereocenters. The van der Waals surface area contributed by atoms with Crippen LogP contribution in [0.2, 0.25) is 0 Å². The van der Waals surface area contributed by atoms with Gasteiger partial charge in [0.25, 0.3) is 0 Å². The zero-order valence-corrected chi connectivity index (χ0v) is 23.7. The SMILES string of the molecule is O=C(O)c1ccc2nc(CN3CCC(c4cccc(OCc5c(F)cnc6ccccc56)n4)CC3)n(CC3CCO3)c2c1. The number of nitrogens with zero attached hydrogens (tertiary/aromatic N) is 5. The summed E-state index contributed by atoms with van der Waals surface area (Å²) < 4.78 is 28.4. The highest BCUT2D eigenvalue weighted by atomic mass is 19.1. The Hall–Kier alpha value is -4.41. The molecule has 0 radical (unpaired) electrons. The van der Waals surface area contributed by atoms with E-state index in [1.54, 1.807) is 18.2 Å². The Morgan fingerprint density at radius 3 is 2.65 bits per heavy atom. The molecule has 7 rings (SSSR count). The highest BCUT2D eigenvalue weighted by molar-refractivity contribution is 5.92. The van der Waals surface area contributed by atoms with Gasteiger partial charge in [0, 0.05) is 35.2 Å². The summed E-state index contributed by atoms with van der Waals surface area (Å²) in [5.74, 6) is 0.361. The average molecular weight is 582 g/mol. The van der Waals surface area contributed by atoms with Crippen LogP contribution in [0.4, 0.5) is 4.39 Å². The van der Waals surface area contributed by atoms with E-state index < -0.39 is 11.8 Å². The molecule has 9 nitrogen and oxygen atoms in total. The van der Waals surface area contributed by atoms with E-state index >= 15 is 0 Å². The van der Waals surface area contributed by atoms with E-state index in [0.29, 0.717) is 30.5 Å². The van der Waals surface area contributed by atoms with Gasteiger partial charge in [-0.3, -0.25) is 9.88 Å². The molecule has 2 fully saturated rings. The topological polar surface area (TPSA) is 103 Å². The lowest BCUT2D eigenvalue weighted by atomic mass is 9.93. The van der Waals surface area contributed by atoms with Gasteiger partial charge in [-0.25, -0.2) is 19.2 Å². The fraction of sp³-hybridized carbons (Fsp3) is 0.333. The molecular weight excluding hydrogens is 549 g/mol. The van der Waals surface area contributed by atoms with Gasteiger partial charge in [-0.15, -0.1) is 0 Å². The van der Waals surface area contributed by atoms with Crippen molar-refractivity contribution in [2.24, 2.45) is 0 Å². The lowest BCUT2D eigenvalue weighted by Crippen LogP contribution is -2.35. The Labute approximate surface area is 247 Å². The first-order valence-electron chi connectivity index (χ1n) is 14.7. The third-order valence-corrected chi connectivity index (χ3v) is 8.57. The lowest BCUT2D eigenvalue weighted by molar-refractivity contribution is -0.0592. The van der Waals surface area contributed by atoms with Crippen LogP contribution in [0, 0.1) is 5.82 Å². The normalized spacial score (nSPS) is 17.7. The molecule has 2 aliphatic rings. The van der Waals surface area contributed by atoms with Crippen LogP contribution >= 0.6 is 0 Å². The summed E-state index contributed by atoms with van der Waals surface area (Å²) in [5, 5.41) is 10.3. The Balaban J connectivity index is 1.02. The van der Waals surface area contributed by atoms with Crippen LogP contribution < -0.4 is 4.74 Å². The largest absolute Gasteiger partial charge is 0.478 e. The van der Waals surface area contributed by atoms with Gasteiger partial charge in [-0.2, -0.15) is 0 Å².